The number of aliphatic hydroxyl groups excluding tert-OH is 2. The molecule has 0 spiro atoms. The second-order valence-corrected chi connectivity index (χ2v) is 15.5. The van der Waals surface area contributed by atoms with Gasteiger partial charge in [0.1, 0.15) is 42.8 Å². The van der Waals surface area contributed by atoms with Gasteiger partial charge in [0.25, 0.3) is 0 Å². The number of amides is 1. The third kappa shape index (κ3) is 9.27. The van der Waals surface area contributed by atoms with E-state index in [1.165, 1.54) is 6.07 Å². The van der Waals surface area contributed by atoms with Gasteiger partial charge in [-0.25, -0.2) is 4.39 Å². The fourth-order valence-electron chi connectivity index (χ4n) is 9.38. The number of benzene rings is 3. The minimum absolute atomic E-state index is 0.0513. The topological polar surface area (TPSA) is 119 Å². The summed E-state index contributed by atoms with van der Waals surface area (Å²) >= 11 is 0. The highest BCUT2D eigenvalue weighted by Crippen LogP contribution is 2.62. The van der Waals surface area contributed by atoms with Crippen molar-refractivity contribution in [1.82, 2.24) is 4.90 Å². The van der Waals surface area contributed by atoms with Gasteiger partial charge < -0.3 is 38.9 Å². The zero-order valence-electron chi connectivity index (χ0n) is 34.1. The summed E-state index contributed by atoms with van der Waals surface area (Å²) in [5.41, 5.74) is 3.90. The molecule has 0 saturated heterocycles. The van der Waals surface area contributed by atoms with Crippen LogP contribution in [0.15, 0.2) is 96.2 Å². The number of hydrogen-bond donors (Lipinski definition) is 2. The van der Waals surface area contributed by atoms with Crippen molar-refractivity contribution in [3.05, 3.63) is 114 Å². The number of methoxy groups -OCH3 is 1. The molecular weight excluding hydrogens is 740 g/mol. The number of nitrogens with zero attached hydrogens (tertiary/aromatic N) is 2. The van der Waals surface area contributed by atoms with E-state index in [2.05, 4.69) is 24.7 Å². The second-order valence-electron chi connectivity index (χ2n) is 15.5. The van der Waals surface area contributed by atoms with Crippen LogP contribution in [0.5, 0.6) is 17.2 Å². The summed E-state index contributed by atoms with van der Waals surface area (Å²) in [7, 11) is 3.15. The number of rotatable bonds is 21. The molecule has 3 aromatic rings. The summed E-state index contributed by atoms with van der Waals surface area (Å²) in [5.74, 6) is -0.382. The molecule has 58 heavy (non-hydrogen) atoms. The normalized spacial score (nSPS) is 23.9. The molecule has 2 aliphatic carbocycles. The van der Waals surface area contributed by atoms with Crippen molar-refractivity contribution in [2.45, 2.75) is 89.1 Å². The first kappa shape index (κ1) is 42.9. The van der Waals surface area contributed by atoms with Crippen molar-refractivity contribution in [1.29, 1.82) is 0 Å². The van der Waals surface area contributed by atoms with Gasteiger partial charge in [-0.15, -0.1) is 6.58 Å². The number of allylic oxidation sites excluding steroid dienone is 1. The molecule has 0 radical (unpaired) electrons. The third-order valence-corrected chi connectivity index (χ3v) is 11.8. The standard InChI is InChI=1S/C47H59FN2O8/c1-5-22-50(44(53)27-32-14-13-17-35(26-32)54-3)43-30-41(49-55-4)38-28-33(15-9-11-23-51)37(18-10-12-24-52)45-39-29-36(56-31-34-16-7-8-19-40(34)48)20-21-42(39)58-47(43,46(38)45)57-25-6-2/h6-8,13-14,16-17,19-21,26,28-29,33,37,43,45-46,51-52H,2,5,9-12,15,18,22-25,27,30-31H2,1,3-4H3. The van der Waals surface area contributed by atoms with E-state index in [0.29, 0.717) is 55.0 Å². The highest BCUT2D eigenvalue weighted by molar-refractivity contribution is 6.03. The summed E-state index contributed by atoms with van der Waals surface area (Å²) in [5, 5.41) is 24.4. The molecule has 1 aliphatic heterocycles. The van der Waals surface area contributed by atoms with Gasteiger partial charge in [-0.3, -0.25) is 4.79 Å². The van der Waals surface area contributed by atoms with Crippen molar-refractivity contribution in [3.8, 4) is 17.2 Å². The Kier molecular flexibility index (Phi) is 15.0. The number of carbonyl (C=O) groups is 1. The van der Waals surface area contributed by atoms with E-state index in [0.717, 1.165) is 48.1 Å². The van der Waals surface area contributed by atoms with Gasteiger partial charge in [-0.2, -0.15) is 0 Å². The van der Waals surface area contributed by atoms with E-state index in [1.54, 1.807) is 38.5 Å². The Hall–Kier alpha value is -4.71. The smallest absolute Gasteiger partial charge is 0.239 e. The van der Waals surface area contributed by atoms with Crippen LogP contribution in [0.4, 0.5) is 4.39 Å². The quantitative estimate of drug-likeness (QED) is 0.0630. The molecule has 0 aromatic heterocycles. The van der Waals surface area contributed by atoms with Gasteiger partial charge in [0.15, 0.2) is 0 Å². The second kappa shape index (κ2) is 20.3. The molecule has 6 atom stereocenters. The molecule has 1 amide bonds. The van der Waals surface area contributed by atoms with Crippen LogP contribution >= 0.6 is 0 Å². The van der Waals surface area contributed by atoms with Gasteiger partial charge >= 0.3 is 0 Å². The fraction of sp³-hybridized carbons (Fsp3) is 0.489. The molecule has 1 saturated carbocycles. The third-order valence-electron chi connectivity index (χ3n) is 11.8. The van der Waals surface area contributed by atoms with Gasteiger partial charge in [0.05, 0.1) is 31.8 Å². The largest absolute Gasteiger partial charge is 0.497 e. The molecule has 3 aromatic carbocycles. The predicted octanol–water partition coefficient (Wildman–Crippen LogP) is 8.16. The number of carbonyl (C=O) groups excluding carboxylic acids is 1. The zero-order chi connectivity index (χ0) is 41.1. The van der Waals surface area contributed by atoms with E-state index < -0.39 is 17.7 Å². The van der Waals surface area contributed by atoms with Crippen molar-refractivity contribution in [3.63, 3.8) is 0 Å². The Morgan fingerprint density at radius 3 is 2.53 bits per heavy atom. The molecule has 11 heteroatoms. The average molecular weight is 799 g/mol. The lowest BCUT2D eigenvalue weighted by Gasteiger charge is -2.60. The van der Waals surface area contributed by atoms with Gasteiger partial charge in [-0.05, 0) is 91.5 Å². The number of unbranched alkanes of at least 4 members (excludes halogenated alkanes) is 2. The number of fused-ring (bicyclic) bond motifs is 2. The van der Waals surface area contributed by atoms with E-state index in [4.69, 9.17) is 23.8 Å². The molecule has 1 fully saturated rings. The van der Waals surface area contributed by atoms with Crippen molar-refractivity contribution >= 4 is 11.6 Å². The Morgan fingerprint density at radius 2 is 1.81 bits per heavy atom. The van der Waals surface area contributed by atoms with E-state index in [1.807, 2.05) is 47.4 Å². The van der Waals surface area contributed by atoms with Crippen molar-refractivity contribution < 1.29 is 43.2 Å². The van der Waals surface area contributed by atoms with Crippen molar-refractivity contribution in [2.75, 3.05) is 40.6 Å². The first-order chi connectivity index (χ1) is 28.3. The maximum atomic E-state index is 14.7. The summed E-state index contributed by atoms with van der Waals surface area (Å²) < 4.78 is 40.8. The molecule has 2 N–H and O–H groups in total. The fourth-order valence-corrected chi connectivity index (χ4v) is 9.38. The number of oxime groups is 1. The van der Waals surface area contributed by atoms with Crippen LogP contribution in [-0.2, 0) is 27.4 Å². The molecule has 312 valence electrons. The highest BCUT2D eigenvalue weighted by atomic mass is 19.1. The van der Waals surface area contributed by atoms with E-state index >= 15 is 0 Å². The minimum atomic E-state index is -1.36. The molecule has 6 unspecified atom stereocenters. The van der Waals surface area contributed by atoms with Crippen LogP contribution in [0.3, 0.4) is 0 Å². The Morgan fingerprint density at radius 1 is 1.02 bits per heavy atom. The number of hydrogen-bond acceptors (Lipinski definition) is 9. The van der Waals surface area contributed by atoms with Gasteiger partial charge in [0.2, 0.25) is 11.7 Å². The zero-order valence-corrected chi connectivity index (χ0v) is 34.1. The molecule has 3 aliphatic rings. The van der Waals surface area contributed by atoms with Crippen LogP contribution in [-0.4, -0.2) is 79.1 Å². The predicted molar refractivity (Wildman–Crippen MR) is 221 cm³/mol. The molecular formula is C47H59FN2O8. The minimum Gasteiger partial charge on any atom is -0.497 e. The first-order valence-electron chi connectivity index (χ1n) is 20.7. The van der Waals surface area contributed by atoms with Crippen LogP contribution in [0.1, 0.15) is 80.9 Å². The lowest BCUT2D eigenvalue weighted by Crippen LogP contribution is -2.70. The number of halogens is 1. The van der Waals surface area contributed by atoms with Gasteiger partial charge in [-0.1, -0.05) is 67.4 Å². The first-order valence-corrected chi connectivity index (χ1v) is 20.7. The summed E-state index contributed by atoms with van der Waals surface area (Å²) in [6.07, 6.45) is 9.80. The van der Waals surface area contributed by atoms with Gasteiger partial charge in [0, 0.05) is 43.2 Å². The number of aliphatic hydroxyl groups is 2. The molecule has 0 bridgehead atoms. The van der Waals surface area contributed by atoms with E-state index in [9.17, 15) is 19.4 Å². The van der Waals surface area contributed by atoms with Crippen LogP contribution in [0.25, 0.3) is 0 Å². The van der Waals surface area contributed by atoms with Crippen LogP contribution in [0.2, 0.25) is 0 Å². The molecule has 6 rings (SSSR count). The Balaban J connectivity index is 1.53. The monoisotopic (exact) mass is 798 g/mol. The SMILES string of the molecule is C=CCOC12Oc3ccc(OCc4ccccc4F)cc3C3C(CCCCO)C(CCCCO)C=C(C(=NOC)CC1N(CCC)C(=O)Cc1cccc(OC)c1)C32. The van der Waals surface area contributed by atoms with Crippen LogP contribution in [0, 0.1) is 23.6 Å². The van der Waals surface area contributed by atoms with E-state index in [-0.39, 0.29) is 62.3 Å². The van der Waals surface area contributed by atoms with Crippen molar-refractivity contribution in [2.24, 2.45) is 22.9 Å². The lowest BCUT2D eigenvalue weighted by molar-refractivity contribution is -0.257. The Labute approximate surface area is 342 Å². The Bertz CT molecular complexity index is 1920. The summed E-state index contributed by atoms with van der Waals surface area (Å²) in [4.78, 5) is 22.2. The van der Waals surface area contributed by atoms with Crippen LogP contribution < -0.4 is 14.2 Å². The summed E-state index contributed by atoms with van der Waals surface area (Å²) in [6.45, 7) is 6.94. The highest BCUT2D eigenvalue weighted by Gasteiger charge is 2.65. The molecule has 1 heterocycles. The molecule has 10 nitrogen and oxygen atoms in total. The lowest BCUT2D eigenvalue weighted by atomic mass is 9.55. The summed E-state index contributed by atoms with van der Waals surface area (Å²) in [6, 6.07) is 19.3. The average Bonchev–Trinajstić information content (AvgIpc) is 3.23. The number of ether oxygens (including phenoxy) is 4. The maximum Gasteiger partial charge on any atom is 0.239 e. The maximum absolute atomic E-state index is 14.7.